The van der Waals surface area contributed by atoms with Crippen LogP contribution in [0.4, 0.5) is 0 Å². The predicted octanol–water partition coefficient (Wildman–Crippen LogP) is 3.54. The highest BCUT2D eigenvalue weighted by Gasteiger charge is 2.45. The van der Waals surface area contributed by atoms with E-state index in [9.17, 15) is 4.79 Å². The molecule has 0 aliphatic rings. The van der Waals surface area contributed by atoms with Crippen molar-refractivity contribution in [1.29, 1.82) is 0 Å². The Bertz CT molecular complexity index is 705. The average molecular weight is 349 g/mol. The van der Waals surface area contributed by atoms with Crippen molar-refractivity contribution in [2.24, 2.45) is 0 Å². The van der Waals surface area contributed by atoms with Gasteiger partial charge in [-0.25, -0.2) is 0 Å². The van der Waals surface area contributed by atoms with Gasteiger partial charge in [-0.1, -0.05) is 54.6 Å². The molecule has 0 amide bonds. The quantitative estimate of drug-likeness (QED) is 0.503. The van der Waals surface area contributed by atoms with Crippen molar-refractivity contribution in [1.82, 2.24) is 0 Å². The normalized spacial score (nSPS) is 11.1. The maximum Gasteiger partial charge on any atom is 0.302 e. The van der Waals surface area contributed by atoms with E-state index in [2.05, 4.69) is 72.8 Å². The van der Waals surface area contributed by atoms with Gasteiger partial charge >= 0.3 is 5.97 Å². The molecule has 3 aromatic carbocycles. The summed E-state index contributed by atoms with van der Waals surface area (Å²) >= 11 is 0. The second-order valence-electron chi connectivity index (χ2n) is 5.88. The molecule has 0 spiro atoms. The second kappa shape index (κ2) is 8.09. The maximum atomic E-state index is 11.3. The van der Waals surface area contributed by atoms with Gasteiger partial charge in [0.1, 0.15) is 35.9 Å². The first-order chi connectivity index (χ1) is 12.2. The SMILES string of the molecule is CC(=O)OCC[P+](c1ccccc1)(c1ccccc1)c1ccccc1. The molecule has 3 rings (SSSR count). The van der Waals surface area contributed by atoms with E-state index in [-0.39, 0.29) is 5.97 Å². The third-order valence-electron chi connectivity index (χ3n) is 4.32. The highest BCUT2D eigenvalue weighted by Crippen LogP contribution is 2.54. The molecule has 0 fully saturated rings. The molecule has 0 atom stereocenters. The standard InChI is InChI=1S/C22H22O2P/c1-19(23)24-17-18-25(20-11-5-2-6-12-20,21-13-7-3-8-14-21)22-15-9-4-10-16-22/h2-16H,17-18H2,1H3/q+1. The lowest BCUT2D eigenvalue weighted by Crippen LogP contribution is -2.34. The number of rotatable bonds is 6. The largest absolute Gasteiger partial charge is 0.462 e. The van der Waals surface area contributed by atoms with Crippen molar-refractivity contribution in [3.63, 3.8) is 0 Å². The summed E-state index contributed by atoms with van der Waals surface area (Å²) in [4.78, 5) is 11.3. The van der Waals surface area contributed by atoms with Gasteiger partial charge in [0.15, 0.2) is 0 Å². The van der Waals surface area contributed by atoms with Gasteiger partial charge in [0, 0.05) is 6.92 Å². The Balaban J connectivity index is 2.18. The lowest BCUT2D eigenvalue weighted by Gasteiger charge is -2.27. The molecule has 0 unspecified atom stereocenters. The van der Waals surface area contributed by atoms with E-state index in [0.29, 0.717) is 6.61 Å². The monoisotopic (exact) mass is 349 g/mol. The fraction of sp³-hybridized carbons (Fsp3) is 0.136. The molecule has 126 valence electrons. The lowest BCUT2D eigenvalue weighted by atomic mass is 10.4. The number of esters is 1. The van der Waals surface area contributed by atoms with E-state index < -0.39 is 7.26 Å². The summed E-state index contributed by atoms with van der Waals surface area (Å²) < 4.78 is 5.35. The van der Waals surface area contributed by atoms with Gasteiger partial charge in [-0.2, -0.15) is 0 Å². The summed E-state index contributed by atoms with van der Waals surface area (Å²) in [5, 5.41) is 3.92. The van der Waals surface area contributed by atoms with Crippen molar-refractivity contribution >= 4 is 29.1 Å². The fourth-order valence-corrected chi connectivity index (χ4v) is 7.29. The van der Waals surface area contributed by atoms with E-state index in [1.165, 1.54) is 22.8 Å². The van der Waals surface area contributed by atoms with Crippen LogP contribution in [-0.2, 0) is 9.53 Å². The van der Waals surface area contributed by atoms with E-state index in [1.807, 2.05) is 18.2 Å². The van der Waals surface area contributed by atoms with Crippen LogP contribution in [0, 0.1) is 0 Å². The van der Waals surface area contributed by atoms with Crippen LogP contribution in [0.15, 0.2) is 91.0 Å². The van der Waals surface area contributed by atoms with Gasteiger partial charge in [0.25, 0.3) is 0 Å². The van der Waals surface area contributed by atoms with Crippen LogP contribution >= 0.6 is 7.26 Å². The number of benzene rings is 3. The number of carbonyl (C=O) groups excluding carboxylic acids is 1. The highest BCUT2D eigenvalue weighted by atomic mass is 31.2. The third-order valence-corrected chi connectivity index (χ3v) is 8.72. The maximum absolute atomic E-state index is 11.3. The Morgan fingerprint density at radius 2 is 1.08 bits per heavy atom. The van der Waals surface area contributed by atoms with E-state index in [4.69, 9.17) is 4.74 Å². The van der Waals surface area contributed by atoms with Crippen molar-refractivity contribution < 1.29 is 9.53 Å². The third kappa shape index (κ3) is 3.81. The Morgan fingerprint density at radius 1 is 0.720 bits per heavy atom. The number of hydrogen-bond donors (Lipinski definition) is 0. The molecule has 0 N–H and O–H groups in total. The summed E-state index contributed by atoms with van der Waals surface area (Å²) in [6.45, 7) is 1.88. The summed E-state index contributed by atoms with van der Waals surface area (Å²) in [6, 6.07) is 31.8. The minimum Gasteiger partial charge on any atom is -0.462 e. The zero-order valence-corrected chi connectivity index (χ0v) is 15.2. The molecule has 0 aliphatic carbocycles. The van der Waals surface area contributed by atoms with Crippen LogP contribution < -0.4 is 15.9 Å². The highest BCUT2D eigenvalue weighted by molar-refractivity contribution is 7.95. The molecular weight excluding hydrogens is 327 g/mol. The molecule has 25 heavy (non-hydrogen) atoms. The molecule has 0 aliphatic heterocycles. The molecule has 3 aromatic rings. The zero-order valence-electron chi connectivity index (χ0n) is 14.3. The summed E-state index contributed by atoms with van der Waals surface area (Å²) in [7, 11) is -1.89. The van der Waals surface area contributed by atoms with Gasteiger partial charge in [-0.3, -0.25) is 4.79 Å². The van der Waals surface area contributed by atoms with Crippen LogP contribution in [0.5, 0.6) is 0 Å². The minimum atomic E-state index is -1.89. The molecule has 0 saturated carbocycles. The van der Waals surface area contributed by atoms with E-state index in [0.717, 1.165) is 6.16 Å². The first-order valence-corrected chi connectivity index (χ1v) is 10.4. The van der Waals surface area contributed by atoms with Gasteiger partial charge in [0.2, 0.25) is 0 Å². The first-order valence-electron chi connectivity index (χ1n) is 8.42. The predicted molar refractivity (Wildman–Crippen MR) is 107 cm³/mol. The average Bonchev–Trinajstić information content (AvgIpc) is 2.67. The summed E-state index contributed by atoms with van der Waals surface area (Å²) in [5.74, 6) is -0.229. The van der Waals surface area contributed by atoms with Crippen molar-refractivity contribution in [3.05, 3.63) is 91.0 Å². The Morgan fingerprint density at radius 3 is 1.40 bits per heavy atom. The number of hydrogen-bond acceptors (Lipinski definition) is 2. The molecule has 3 heteroatoms. The molecular formula is C22H22O2P+. The van der Waals surface area contributed by atoms with Crippen LogP contribution in [-0.4, -0.2) is 18.7 Å². The van der Waals surface area contributed by atoms with Crippen LogP contribution in [0.2, 0.25) is 0 Å². The smallest absolute Gasteiger partial charge is 0.302 e. The summed E-state index contributed by atoms with van der Waals surface area (Å²) in [5.41, 5.74) is 0. The van der Waals surface area contributed by atoms with Crippen molar-refractivity contribution in [2.45, 2.75) is 6.92 Å². The second-order valence-corrected chi connectivity index (χ2v) is 9.50. The number of carbonyl (C=O) groups is 1. The van der Waals surface area contributed by atoms with Gasteiger partial charge < -0.3 is 4.74 Å². The van der Waals surface area contributed by atoms with Crippen LogP contribution in [0.1, 0.15) is 6.92 Å². The first kappa shape index (κ1) is 17.4. The van der Waals surface area contributed by atoms with Crippen molar-refractivity contribution in [2.75, 3.05) is 12.8 Å². The molecule has 0 aromatic heterocycles. The molecule has 2 nitrogen and oxygen atoms in total. The molecule has 0 saturated heterocycles. The molecule has 0 radical (unpaired) electrons. The number of ether oxygens (including phenoxy) is 1. The van der Waals surface area contributed by atoms with Crippen LogP contribution in [0.25, 0.3) is 0 Å². The van der Waals surface area contributed by atoms with E-state index >= 15 is 0 Å². The van der Waals surface area contributed by atoms with Gasteiger partial charge in [-0.05, 0) is 36.4 Å². The molecule has 0 bridgehead atoms. The topological polar surface area (TPSA) is 26.3 Å². The molecule has 0 heterocycles. The zero-order chi connectivity index (χ0) is 17.5. The Labute approximate surface area is 149 Å². The van der Waals surface area contributed by atoms with Gasteiger partial charge in [0.05, 0.1) is 0 Å². The Kier molecular flexibility index (Phi) is 5.63. The van der Waals surface area contributed by atoms with E-state index in [1.54, 1.807) is 0 Å². The Hall–Kier alpha value is -2.44. The van der Waals surface area contributed by atoms with Crippen molar-refractivity contribution in [3.8, 4) is 0 Å². The van der Waals surface area contributed by atoms with Gasteiger partial charge in [-0.15, -0.1) is 0 Å². The lowest BCUT2D eigenvalue weighted by molar-refractivity contribution is -0.140. The fourth-order valence-electron chi connectivity index (χ4n) is 3.21. The minimum absolute atomic E-state index is 0.229. The summed E-state index contributed by atoms with van der Waals surface area (Å²) in [6.07, 6.45) is 0.796. The van der Waals surface area contributed by atoms with Crippen LogP contribution in [0.3, 0.4) is 0 Å².